The van der Waals surface area contributed by atoms with Gasteiger partial charge in [0.2, 0.25) is 11.8 Å². The van der Waals surface area contributed by atoms with Gasteiger partial charge in [0.15, 0.2) is 6.61 Å². The monoisotopic (exact) mass is 1040 g/mol. The molecule has 10 rings (SSSR count). The van der Waals surface area contributed by atoms with Crippen molar-refractivity contribution in [3.05, 3.63) is 140 Å². The molecule has 1 saturated carbocycles. The van der Waals surface area contributed by atoms with Gasteiger partial charge in [-0.05, 0) is 90.2 Å². The number of piperazine rings is 1. The van der Waals surface area contributed by atoms with Crippen LogP contribution in [0.2, 0.25) is 0 Å². The molecule has 1 atom stereocenters. The van der Waals surface area contributed by atoms with E-state index in [0.29, 0.717) is 59.3 Å². The Hall–Kier alpha value is -8.11. The average molecular weight is 1040 g/mol. The Morgan fingerprint density at radius 3 is 2.38 bits per heavy atom. The highest BCUT2D eigenvalue weighted by Crippen LogP contribution is 2.41. The number of aryl methyl sites for hydroxylation is 1. The molecule has 21 heteroatoms. The van der Waals surface area contributed by atoms with Crippen LogP contribution in [0.25, 0.3) is 27.6 Å². The summed E-state index contributed by atoms with van der Waals surface area (Å²) in [5.41, 5.74) is 3.35. The standard InChI is InChI=1S/C55H56FN9O11/c1-61-30-36(38-4-2-6-43(40(38)31-66)64-16-14-34-26-35(33-8-9-33)27-41(56)49(34)54(64)72)28-42(53(61)71)59-46-12-10-37(29-58-46)63-19-17-62(18-20-63)21-23-75-25-24-74-22-15-57-48(68)32-76-45-7-3-5-39-50(45)55(73)65(52(39)70)44-11-13-47(67)60-51(44)69/h2-7,10,12,14,16,26-30,33,44,66H,8-9,11,13,15,17-25,31-32H2,1H3,(H,57,68)(H,58,59)(H,60,67,69). The number of aromatic nitrogens is 3. The minimum atomic E-state index is -1.12. The molecule has 20 nitrogen and oxygen atoms in total. The third-order valence-electron chi connectivity index (χ3n) is 14.1. The average Bonchev–Trinajstić information content (AvgIpc) is 4.24. The van der Waals surface area contributed by atoms with Gasteiger partial charge in [0.05, 0.1) is 67.1 Å². The van der Waals surface area contributed by atoms with Gasteiger partial charge in [0.1, 0.15) is 29.1 Å². The molecule has 2 saturated heterocycles. The summed E-state index contributed by atoms with van der Waals surface area (Å²) in [6.07, 6.45) is 7.08. The Bertz CT molecular complexity index is 3370. The van der Waals surface area contributed by atoms with Crippen molar-refractivity contribution < 1.29 is 47.7 Å². The Morgan fingerprint density at radius 2 is 1.63 bits per heavy atom. The van der Waals surface area contributed by atoms with Crippen molar-refractivity contribution in [3.63, 3.8) is 0 Å². The number of aliphatic hydroxyl groups excluding tert-OH is 1. The molecule has 4 aliphatic rings. The first kappa shape index (κ1) is 51.4. The van der Waals surface area contributed by atoms with Crippen LogP contribution in [-0.4, -0.2) is 137 Å². The molecule has 394 valence electrons. The van der Waals surface area contributed by atoms with E-state index in [2.05, 4.69) is 30.7 Å². The summed E-state index contributed by atoms with van der Waals surface area (Å²) < 4.78 is 35.2. The van der Waals surface area contributed by atoms with Crippen LogP contribution in [-0.2, 0) is 37.5 Å². The Labute approximate surface area is 435 Å². The number of carbonyl (C=O) groups excluding carboxylic acids is 5. The van der Waals surface area contributed by atoms with Crippen LogP contribution in [0, 0.1) is 5.82 Å². The summed E-state index contributed by atoms with van der Waals surface area (Å²) in [7, 11) is 1.64. The number of nitrogens with zero attached hydrogens (tertiary/aromatic N) is 6. The number of anilines is 3. The minimum Gasteiger partial charge on any atom is -0.483 e. The van der Waals surface area contributed by atoms with Gasteiger partial charge >= 0.3 is 0 Å². The number of imide groups is 2. The largest absolute Gasteiger partial charge is 0.483 e. The second-order valence-electron chi connectivity index (χ2n) is 19.1. The summed E-state index contributed by atoms with van der Waals surface area (Å²) in [6.45, 7) is 4.74. The highest BCUT2D eigenvalue weighted by molar-refractivity contribution is 6.24. The molecule has 0 spiro atoms. The second-order valence-corrected chi connectivity index (χ2v) is 19.1. The molecule has 3 fully saturated rings. The third-order valence-corrected chi connectivity index (χ3v) is 14.1. The Kier molecular flexibility index (Phi) is 15.1. The first-order valence-corrected chi connectivity index (χ1v) is 25.3. The van der Waals surface area contributed by atoms with Crippen LogP contribution >= 0.6 is 0 Å². The number of pyridine rings is 3. The maximum Gasteiger partial charge on any atom is 0.274 e. The highest BCUT2D eigenvalue weighted by Gasteiger charge is 2.46. The van der Waals surface area contributed by atoms with Gasteiger partial charge in [0, 0.05) is 76.3 Å². The summed E-state index contributed by atoms with van der Waals surface area (Å²) in [6, 6.07) is 19.1. The number of nitrogens with one attached hydrogen (secondary N) is 3. The van der Waals surface area contributed by atoms with Crippen molar-refractivity contribution >= 4 is 57.5 Å². The molecule has 1 unspecified atom stereocenters. The molecular formula is C55H56FN9O11. The summed E-state index contributed by atoms with van der Waals surface area (Å²) in [4.78, 5) is 100. The van der Waals surface area contributed by atoms with Crippen molar-refractivity contribution in [2.45, 2.75) is 44.2 Å². The Balaban J connectivity index is 0.639. The summed E-state index contributed by atoms with van der Waals surface area (Å²) >= 11 is 0. The van der Waals surface area contributed by atoms with E-state index in [0.717, 1.165) is 61.7 Å². The lowest BCUT2D eigenvalue weighted by atomic mass is 9.98. The van der Waals surface area contributed by atoms with Crippen molar-refractivity contribution in [1.29, 1.82) is 0 Å². The number of amides is 5. The molecule has 3 aromatic carbocycles. The maximum absolute atomic E-state index is 15.4. The number of fused-ring (bicyclic) bond motifs is 2. The van der Waals surface area contributed by atoms with Gasteiger partial charge in [-0.1, -0.05) is 24.3 Å². The van der Waals surface area contributed by atoms with E-state index in [-0.39, 0.29) is 59.5 Å². The normalized spacial score (nSPS) is 16.8. The van der Waals surface area contributed by atoms with Crippen LogP contribution < -0.4 is 36.7 Å². The van der Waals surface area contributed by atoms with Crippen LogP contribution in [0.15, 0.2) is 101 Å². The van der Waals surface area contributed by atoms with Crippen molar-refractivity contribution in [2.75, 3.05) is 82.5 Å². The molecule has 4 N–H and O–H groups in total. The van der Waals surface area contributed by atoms with E-state index in [1.54, 1.807) is 56.0 Å². The molecule has 3 aromatic heterocycles. The van der Waals surface area contributed by atoms with E-state index < -0.39 is 60.2 Å². The zero-order valence-corrected chi connectivity index (χ0v) is 41.7. The van der Waals surface area contributed by atoms with Crippen molar-refractivity contribution in [1.82, 2.24) is 34.6 Å². The number of hydrogen-bond donors (Lipinski definition) is 4. The number of piperidine rings is 1. The summed E-state index contributed by atoms with van der Waals surface area (Å²) in [5.74, 6) is -2.78. The van der Waals surface area contributed by atoms with Gasteiger partial charge in [-0.2, -0.15) is 0 Å². The Morgan fingerprint density at radius 1 is 0.855 bits per heavy atom. The number of aliphatic hydroxyl groups is 1. The molecule has 6 heterocycles. The van der Waals surface area contributed by atoms with E-state index >= 15 is 4.39 Å². The smallest absolute Gasteiger partial charge is 0.274 e. The highest BCUT2D eigenvalue weighted by atomic mass is 19.1. The fourth-order valence-corrected chi connectivity index (χ4v) is 9.97. The lowest BCUT2D eigenvalue weighted by Crippen LogP contribution is -2.54. The van der Waals surface area contributed by atoms with Gasteiger partial charge in [-0.15, -0.1) is 0 Å². The molecule has 5 amide bonds. The number of halogens is 1. The zero-order valence-electron chi connectivity index (χ0n) is 41.7. The van der Waals surface area contributed by atoms with Crippen LogP contribution in [0.1, 0.15) is 63.4 Å². The molecule has 0 bridgehead atoms. The lowest BCUT2D eigenvalue weighted by Gasteiger charge is -2.35. The third kappa shape index (κ3) is 10.9. The molecule has 1 aliphatic carbocycles. The number of benzene rings is 3. The van der Waals surface area contributed by atoms with Crippen molar-refractivity contribution in [2.24, 2.45) is 7.05 Å². The number of ether oxygens (including phenoxy) is 3. The topological polar surface area (TPSA) is 236 Å². The minimum absolute atomic E-state index is 0.00108. The number of rotatable bonds is 20. The predicted octanol–water partition coefficient (Wildman–Crippen LogP) is 3.76. The van der Waals surface area contributed by atoms with E-state index in [9.17, 15) is 38.7 Å². The van der Waals surface area contributed by atoms with Gasteiger partial charge < -0.3 is 39.4 Å². The molecule has 3 aliphatic heterocycles. The summed E-state index contributed by atoms with van der Waals surface area (Å²) in [5, 5.41) is 19.3. The zero-order chi connectivity index (χ0) is 53.0. The quantitative estimate of drug-likeness (QED) is 0.0630. The van der Waals surface area contributed by atoms with Crippen LogP contribution in [0.3, 0.4) is 0 Å². The van der Waals surface area contributed by atoms with Crippen molar-refractivity contribution in [3.8, 4) is 22.6 Å². The van der Waals surface area contributed by atoms with Crippen LogP contribution in [0.4, 0.5) is 21.6 Å². The SMILES string of the molecule is Cn1cc(-c2cccc(-n3ccc4cc(C5CC5)cc(F)c4c3=O)c2CO)cc(Nc2ccc(N3CCN(CCOCCOCCNC(=O)COc4cccc5c4C(=O)N(C4CCC(=O)NC4=O)C5=O)CC3)cn2)c1=O. The molecular weight excluding hydrogens is 982 g/mol. The fraction of sp³-hybridized carbons (Fsp3) is 0.345. The van der Waals surface area contributed by atoms with Gasteiger partial charge in [-0.25, -0.2) is 9.37 Å². The van der Waals surface area contributed by atoms with Gasteiger partial charge in [0.25, 0.3) is 28.8 Å². The first-order chi connectivity index (χ1) is 36.9. The lowest BCUT2D eigenvalue weighted by molar-refractivity contribution is -0.136. The van der Waals surface area contributed by atoms with E-state index in [1.165, 1.54) is 33.4 Å². The number of carbonyl (C=O) groups is 5. The molecule has 0 radical (unpaired) electrons. The predicted molar refractivity (Wildman–Crippen MR) is 278 cm³/mol. The van der Waals surface area contributed by atoms with Crippen LogP contribution in [0.5, 0.6) is 5.75 Å². The fourth-order valence-electron chi connectivity index (χ4n) is 9.97. The maximum atomic E-state index is 15.4. The second kappa shape index (κ2) is 22.4. The van der Waals surface area contributed by atoms with Gasteiger partial charge in [-0.3, -0.25) is 53.2 Å². The molecule has 6 aromatic rings. The van der Waals surface area contributed by atoms with E-state index in [4.69, 9.17) is 14.2 Å². The van der Waals surface area contributed by atoms with E-state index in [1.807, 2.05) is 18.2 Å². The molecule has 76 heavy (non-hydrogen) atoms. The number of hydrogen-bond acceptors (Lipinski definition) is 15. The first-order valence-electron chi connectivity index (χ1n) is 25.3.